The van der Waals surface area contributed by atoms with Crippen LogP contribution in [-0.4, -0.2) is 12.3 Å². The number of benzene rings is 1. The zero-order chi connectivity index (χ0) is 15.1. The molecule has 0 fully saturated rings. The minimum absolute atomic E-state index is 0.297. The van der Waals surface area contributed by atoms with Crippen LogP contribution in [0.25, 0.3) is 0 Å². The van der Waals surface area contributed by atoms with E-state index in [1.54, 1.807) is 26.0 Å². The summed E-state index contributed by atoms with van der Waals surface area (Å²) in [6, 6.07) is 4.94. The topological polar surface area (TPSA) is 59.1 Å². The van der Waals surface area contributed by atoms with Crippen molar-refractivity contribution in [1.82, 2.24) is 0 Å². The van der Waals surface area contributed by atoms with E-state index in [9.17, 15) is 4.39 Å². The number of nitrogens with one attached hydrogen (secondary N) is 1. The maximum absolute atomic E-state index is 13.6. The van der Waals surface area contributed by atoms with Crippen molar-refractivity contribution in [3.05, 3.63) is 40.8 Å². The van der Waals surface area contributed by atoms with E-state index in [0.29, 0.717) is 36.6 Å². The van der Waals surface area contributed by atoms with Crippen molar-refractivity contribution in [2.24, 2.45) is 5.73 Å². The lowest BCUT2D eigenvalue weighted by atomic mass is 10.0. The molecule has 0 aromatic heterocycles. The van der Waals surface area contributed by atoms with Gasteiger partial charge in [-0.1, -0.05) is 13.0 Å². The van der Waals surface area contributed by atoms with Gasteiger partial charge in [0.25, 0.3) is 0 Å². The van der Waals surface area contributed by atoms with Crippen LogP contribution in [0.4, 0.5) is 4.39 Å². The Balaban J connectivity index is 2.53. The summed E-state index contributed by atoms with van der Waals surface area (Å²) in [5.74, 6) is -0.0397. The van der Waals surface area contributed by atoms with Gasteiger partial charge in [0.15, 0.2) is 11.6 Å². The average Bonchev–Trinajstić information content (AvgIpc) is 2.39. The van der Waals surface area contributed by atoms with Crippen LogP contribution >= 0.6 is 0 Å². The molecule has 0 aliphatic carbocycles. The van der Waals surface area contributed by atoms with Gasteiger partial charge in [-0.25, -0.2) is 4.39 Å². The Morgan fingerprint density at radius 3 is 2.60 bits per heavy atom. The van der Waals surface area contributed by atoms with Crippen LogP contribution in [0.15, 0.2) is 29.5 Å². The number of nitrogens with two attached hydrogens (primary N) is 1. The molecule has 1 rings (SSSR count). The van der Waals surface area contributed by atoms with E-state index in [2.05, 4.69) is 0 Å². The quantitative estimate of drug-likeness (QED) is 0.588. The maximum Gasteiger partial charge on any atom is 0.165 e. The van der Waals surface area contributed by atoms with E-state index >= 15 is 0 Å². The van der Waals surface area contributed by atoms with Crippen LogP contribution in [-0.2, 0) is 6.42 Å². The number of halogens is 1. The van der Waals surface area contributed by atoms with Crippen LogP contribution < -0.4 is 10.5 Å². The van der Waals surface area contributed by atoms with E-state index in [1.807, 2.05) is 6.92 Å². The van der Waals surface area contributed by atoms with Gasteiger partial charge in [-0.3, -0.25) is 0 Å². The molecule has 1 aromatic rings. The lowest BCUT2D eigenvalue weighted by Gasteiger charge is -2.11. The highest BCUT2D eigenvalue weighted by molar-refractivity contribution is 5.96. The van der Waals surface area contributed by atoms with E-state index in [4.69, 9.17) is 15.9 Å². The summed E-state index contributed by atoms with van der Waals surface area (Å²) in [5, 5.41) is 7.63. The van der Waals surface area contributed by atoms with Crippen molar-refractivity contribution in [3.63, 3.8) is 0 Å². The van der Waals surface area contributed by atoms with Crippen molar-refractivity contribution in [3.8, 4) is 5.75 Å². The number of hydrogen-bond acceptors (Lipinski definition) is 3. The molecule has 3 nitrogen and oxygen atoms in total. The lowest BCUT2D eigenvalue weighted by Crippen LogP contribution is -2.08. The summed E-state index contributed by atoms with van der Waals surface area (Å²) in [6.45, 7) is 5.94. The van der Waals surface area contributed by atoms with E-state index in [0.717, 1.165) is 17.6 Å². The van der Waals surface area contributed by atoms with Gasteiger partial charge in [0.1, 0.15) is 0 Å². The fraction of sp³-hybridized carbons (Fsp3) is 0.438. The van der Waals surface area contributed by atoms with Crippen LogP contribution in [0, 0.1) is 11.2 Å². The summed E-state index contributed by atoms with van der Waals surface area (Å²) in [7, 11) is 0. The molecule has 3 N–H and O–H groups in total. The first-order chi connectivity index (χ1) is 9.45. The minimum atomic E-state index is -0.337. The maximum atomic E-state index is 13.6. The van der Waals surface area contributed by atoms with Gasteiger partial charge in [-0.2, -0.15) is 0 Å². The third-order valence-corrected chi connectivity index (χ3v) is 3.16. The molecule has 0 spiro atoms. The molecule has 0 saturated heterocycles. The summed E-state index contributed by atoms with van der Waals surface area (Å²) in [6.07, 6.45) is 2.23. The van der Waals surface area contributed by atoms with E-state index in [1.165, 1.54) is 6.07 Å². The van der Waals surface area contributed by atoms with Crippen molar-refractivity contribution >= 4 is 5.71 Å². The molecule has 0 saturated carbocycles. The molecule has 0 heterocycles. The van der Waals surface area contributed by atoms with Crippen LogP contribution in [0.1, 0.15) is 39.2 Å². The second-order valence-corrected chi connectivity index (χ2v) is 4.86. The Morgan fingerprint density at radius 1 is 1.35 bits per heavy atom. The van der Waals surface area contributed by atoms with Gasteiger partial charge in [0.05, 0.1) is 6.61 Å². The smallest absolute Gasteiger partial charge is 0.165 e. The van der Waals surface area contributed by atoms with Crippen molar-refractivity contribution < 1.29 is 9.13 Å². The zero-order valence-corrected chi connectivity index (χ0v) is 12.4. The number of allylic oxidation sites excluding steroid dienone is 2. The Bertz CT molecular complexity index is 505. The molecule has 0 unspecified atom stereocenters. The molecule has 20 heavy (non-hydrogen) atoms. The Labute approximate surface area is 120 Å². The van der Waals surface area contributed by atoms with E-state index in [-0.39, 0.29) is 5.82 Å². The summed E-state index contributed by atoms with van der Waals surface area (Å²) < 4.78 is 19.0. The summed E-state index contributed by atoms with van der Waals surface area (Å²) in [4.78, 5) is 0. The van der Waals surface area contributed by atoms with Crippen LogP contribution in [0.3, 0.4) is 0 Å². The van der Waals surface area contributed by atoms with E-state index < -0.39 is 0 Å². The average molecular weight is 278 g/mol. The largest absolute Gasteiger partial charge is 0.490 e. The fourth-order valence-corrected chi connectivity index (χ4v) is 1.99. The van der Waals surface area contributed by atoms with Gasteiger partial charge >= 0.3 is 0 Å². The second kappa shape index (κ2) is 7.68. The van der Waals surface area contributed by atoms with Gasteiger partial charge in [-0.05, 0) is 56.4 Å². The zero-order valence-electron chi connectivity index (χ0n) is 12.4. The summed E-state index contributed by atoms with van der Waals surface area (Å²) >= 11 is 0. The number of aryl methyl sites for hydroxylation is 1. The molecule has 110 valence electrons. The molecule has 0 amide bonds. The Hall–Kier alpha value is -1.84. The van der Waals surface area contributed by atoms with Crippen LogP contribution in [0.5, 0.6) is 5.75 Å². The highest BCUT2D eigenvalue weighted by Gasteiger charge is 2.06. The SMILES string of the molecule is CCc1ccc(F)c(OCCC/C(C(C)=N)=C(\C)N)c1. The van der Waals surface area contributed by atoms with Gasteiger partial charge in [0, 0.05) is 11.4 Å². The summed E-state index contributed by atoms with van der Waals surface area (Å²) in [5.41, 5.74) is 8.77. The first-order valence-corrected chi connectivity index (χ1v) is 6.87. The van der Waals surface area contributed by atoms with Crippen molar-refractivity contribution in [2.45, 2.75) is 40.0 Å². The highest BCUT2D eigenvalue weighted by Crippen LogP contribution is 2.20. The molecule has 0 aliphatic heterocycles. The second-order valence-electron chi connectivity index (χ2n) is 4.86. The Kier molecular flexibility index (Phi) is 6.22. The predicted molar refractivity (Wildman–Crippen MR) is 80.8 cm³/mol. The molecule has 1 aromatic carbocycles. The normalized spacial score (nSPS) is 12.0. The van der Waals surface area contributed by atoms with Crippen molar-refractivity contribution in [2.75, 3.05) is 6.61 Å². The first kappa shape index (κ1) is 16.2. The standard InChI is InChI=1S/C16H23FN2O/c1-4-13-7-8-15(17)16(10-13)20-9-5-6-14(11(2)18)12(3)19/h7-8,10,18H,4-6,9,19H2,1-3H3/b14-12-,18-11?. The first-order valence-electron chi connectivity index (χ1n) is 6.87. The molecular weight excluding hydrogens is 255 g/mol. The molecule has 0 aliphatic rings. The highest BCUT2D eigenvalue weighted by atomic mass is 19.1. The number of ether oxygens (including phenoxy) is 1. The minimum Gasteiger partial charge on any atom is -0.490 e. The van der Waals surface area contributed by atoms with Gasteiger partial charge < -0.3 is 15.9 Å². The monoisotopic (exact) mass is 278 g/mol. The lowest BCUT2D eigenvalue weighted by molar-refractivity contribution is 0.295. The molecule has 0 bridgehead atoms. The third-order valence-electron chi connectivity index (χ3n) is 3.16. The molecule has 0 atom stereocenters. The Morgan fingerprint density at radius 2 is 2.05 bits per heavy atom. The molecule has 0 radical (unpaired) electrons. The fourth-order valence-electron chi connectivity index (χ4n) is 1.99. The number of hydrogen-bond donors (Lipinski definition) is 2. The number of rotatable bonds is 7. The van der Waals surface area contributed by atoms with Gasteiger partial charge in [-0.15, -0.1) is 0 Å². The predicted octanol–water partition coefficient (Wildman–Crippen LogP) is 3.82. The third kappa shape index (κ3) is 4.68. The molecular formula is C16H23FN2O. The molecule has 4 heteroatoms. The van der Waals surface area contributed by atoms with Gasteiger partial charge in [0.2, 0.25) is 0 Å². The van der Waals surface area contributed by atoms with Crippen LogP contribution in [0.2, 0.25) is 0 Å². The van der Waals surface area contributed by atoms with Crippen molar-refractivity contribution in [1.29, 1.82) is 5.41 Å².